The van der Waals surface area contributed by atoms with Crippen molar-refractivity contribution in [1.29, 1.82) is 0 Å². The fourth-order valence-electron chi connectivity index (χ4n) is 3.26. The molecule has 0 aliphatic carbocycles. The second kappa shape index (κ2) is 7.22. The van der Waals surface area contributed by atoms with E-state index >= 15 is 0 Å². The zero-order valence-corrected chi connectivity index (χ0v) is 14.6. The maximum atomic E-state index is 10.9. The number of hydrogen-bond acceptors (Lipinski definition) is 8. The van der Waals surface area contributed by atoms with Crippen molar-refractivity contribution in [3.63, 3.8) is 0 Å². The summed E-state index contributed by atoms with van der Waals surface area (Å²) in [7, 11) is 1.73. The number of nitro groups is 1. The summed E-state index contributed by atoms with van der Waals surface area (Å²) in [5.41, 5.74) is 5.60. The van der Waals surface area contributed by atoms with E-state index in [9.17, 15) is 15.2 Å². The molecular formula is C17H22N6O3. The molecule has 1 saturated heterocycles. The average Bonchev–Trinajstić information content (AvgIpc) is 2.95. The third-order valence-electron chi connectivity index (χ3n) is 4.52. The van der Waals surface area contributed by atoms with E-state index in [-0.39, 0.29) is 17.5 Å². The summed E-state index contributed by atoms with van der Waals surface area (Å²) in [4.78, 5) is 22.0. The zero-order chi connectivity index (χ0) is 18.7. The first-order valence-corrected chi connectivity index (χ1v) is 8.33. The molecule has 0 radical (unpaired) electrons. The zero-order valence-electron chi connectivity index (χ0n) is 14.6. The highest BCUT2D eigenvalue weighted by molar-refractivity contribution is 5.53. The van der Waals surface area contributed by atoms with Crippen molar-refractivity contribution < 1.29 is 10.0 Å². The first-order chi connectivity index (χ1) is 12.4. The molecule has 1 aliphatic rings. The lowest BCUT2D eigenvalue weighted by Crippen LogP contribution is -2.44. The van der Waals surface area contributed by atoms with Crippen molar-refractivity contribution in [3.05, 3.63) is 52.2 Å². The smallest absolute Gasteiger partial charge is 0.329 e. The minimum absolute atomic E-state index is 0.184. The van der Waals surface area contributed by atoms with Gasteiger partial charge in [0.2, 0.25) is 11.8 Å². The van der Waals surface area contributed by atoms with Gasteiger partial charge in [0.1, 0.15) is 6.20 Å². The normalized spacial score (nSPS) is 20.2. The number of likely N-dealkylation sites (N-methyl/N-ethyl adjacent to an activating group) is 1. The monoisotopic (exact) mass is 358 g/mol. The Kier molecular flexibility index (Phi) is 5.01. The lowest BCUT2D eigenvalue weighted by atomic mass is 10.0. The van der Waals surface area contributed by atoms with E-state index in [1.807, 2.05) is 18.2 Å². The van der Waals surface area contributed by atoms with E-state index in [0.29, 0.717) is 19.5 Å². The number of aromatic nitrogens is 2. The number of nitrogens with zero attached hydrogens (tertiary/aromatic N) is 5. The van der Waals surface area contributed by atoms with Crippen LogP contribution in [0.3, 0.4) is 0 Å². The topological polar surface area (TPSA) is 122 Å². The first-order valence-electron chi connectivity index (χ1n) is 8.33. The SMILES string of the molecule is CN(CC1(O)CCN(Cc2ccccc2)C1)c1ncc([N+](=O)[O-])c(N)n1. The number of nitrogen functional groups attached to an aromatic ring is 1. The number of benzene rings is 1. The summed E-state index contributed by atoms with van der Waals surface area (Å²) in [6.07, 6.45) is 1.72. The van der Waals surface area contributed by atoms with E-state index < -0.39 is 10.5 Å². The number of β-amino-alcohol motifs (C(OH)–C–C–N with tert-alkyl or cyclic N) is 1. The van der Waals surface area contributed by atoms with Crippen LogP contribution in [-0.2, 0) is 6.54 Å². The molecule has 3 rings (SSSR count). The van der Waals surface area contributed by atoms with Gasteiger partial charge >= 0.3 is 5.69 Å². The molecule has 26 heavy (non-hydrogen) atoms. The van der Waals surface area contributed by atoms with Gasteiger partial charge in [0.25, 0.3) is 0 Å². The Morgan fingerprint density at radius 3 is 2.81 bits per heavy atom. The van der Waals surface area contributed by atoms with Crippen molar-refractivity contribution in [1.82, 2.24) is 14.9 Å². The van der Waals surface area contributed by atoms with Crippen molar-refractivity contribution in [2.24, 2.45) is 0 Å². The van der Waals surface area contributed by atoms with Gasteiger partial charge in [-0.1, -0.05) is 30.3 Å². The van der Waals surface area contributed by atoms with Crippen LogP contribution in [0.25, 0.3) is 0 Å². The van der Waals surface area contributed by atoms with Crippen LogP contribution < -0.4 is 10.6 Å². The van der Waals surface area contributed by atoms with E-state index in [1.165, 1.54) is 5.56 Å². The van der Waals surface area contributed by atoms with E-state index in [1.54, 1.807) is 11.9 Å². The fraction of sp³-hybridized carbons (Fsp3) is 0.412. The molecule has 9 nitrogen and oxygen atoms in total. The molecule has 2 aromatic rings. The molecule has 3 N–H and O–H groups in total. The summed E-state index contributed by atoms with van der Waals surface area (Å²) in [5, 5.41) is 21.7. The van der Waals surface area contributed by atoms with Gasteiger partial charge in [-0.05, 0) is 12.0 Å². The van der Waals surface area contributed by atoms with Gasteiger partial charge in [0.05, 0.1) is 17.1 Å². The van der Waals surface area contributed by atoms with Crippen LogP contribution in [0, 0.1) is 10.1 Å². The number of likely N-dealkylation sites (tertiary alicyclic amines) is 1. The average molecular weight is 358 g/mol. The summed E-state index contributed by atoms with van der Waals surface area (Å²) in [6.45, 7) is 2.43. The Morgan fingerprint density at radius 1 is 1.42 bits per heavy atom. The molecule has 1 aromatic carbocycles. The van der Waals surface area contributed by atoms with Crippen LogP contribution in [-0.4, -0.2) is 57.2 Å². The van der Waals surface area contributed by atoms with Crippen LogP contribution in [0.15, 0.2) is 36.5 Å². The summed E-state index contributed by atoms with van der Waals surface area (Å²) in [6, 6.07) is 10.1. The lowest BCUT2D eigenvalue weighted by molar-refractivity contribution is -0.384. The molecule has 1 aromatic heterocycles. The van der Waals surface area contributed by atoms with Crippen LogP contribution in [0.2, 0.25) is 0 Å². The van der Waals surface area contributed by atoms with E-state index in [4.69, 9.17) is 5.73 Å². The third kappa shape index (κ3) is 4.06. The Morgan fingerprint density at radius 2 is 2.15 bits per heavy atom. The highest BCUT2D eigenvalue weighted by atomic mass is 16.6. The Labute approximate surface area is 151 Å². The maximum absolute atomic E-state index is 10.9. The lowest BCUT2D eigenvalue weighted by Gasteiger charge is -2.29. The van der Waals surface area contributed by atoms with Crippen LogP contribution in [0.4, 0.5) is 17.5 Å². The Bertz CT molecular complexity index is 787. The standard InChI is InChI=1S/C17H22N6O3/c1-21(16-19-9-14(23(25)26)15(18)20-16)11-17(24)7-8-22(12-17)10-13-5-3-2-4-6-13/h2-6,9,24H,7-8,10-12H2,1H3,(H2,18,19,20). The minimum atomic E-state index is -0.899. The molecule has 9 heteroatoms. The predicted octanol–water partition coefficient (Wildman–Crippen LogP) is 1.04. The second-order valence-corrected chi connectivity index (χ2v) is 6.72. The molecule has 2 heterocycles. The van der Waals surface area contributed by atoms with Crippen molar-refractivity contribution >= 4 is 17.5 Å². The number of hydrogen-bond donors (Lipinski definition) is 2. The van der Waals surface area contributed by atoms with Gasteiger partial charge in [0, 0.05) is 26.7 Å². The van der Waals surface area contributed by atoms with Gasteiger partial charge in [0.15, 0.2) is 0 Å². The van der Waals surface area contributed by atoms with E-state index in [0.717, 1.165) is 19.3 Å². The fourth-order valence-corrected chi connectivity index (χ4v) is 3.26. The summed E-state index contributed by atoms with van der Waals surface area (Å²) < 4.78 is 0. The van der Waals surface area contributed by atoms with Crippen molar-refractivity contribution in [2.75, 3.05) is 37.3 Å². The number of aliphatic hydroxyl groups is 1. The molecular weight excluding hydrogens is 336 g/mol. The molecule has 1 atom stereocenters. The summed E-state index contributed by atoms with van der Waals surface area (Å²) >= 11 is 0. The molecule has 1 fully saturated rings. The van der Waals surface area contributed by atoms with Gasteiger partial charge in [-0.2, -0.15) is 4.98 Å². The maximum Gasteiger partial charge on any atom is 0.329 e. The van der Waals surface area contributed by atoms with Crippen molar-refractivity contribution in [3.8, 4) is 0 Å². The summed E-state index contributed by atoms with van der Waals surface area (Å²) in [5.74, 6) is 0.0685. The van der Waals surface area contributed by atoms with E-state index in [2.05, 4.69) is 27.0 Å². The molecule has 0 bridgehead atoms. The first kappa shape index (κ1) is 18.0. The molecule has 1 unspecified atom stereocenters. The number of nitrogens with two attached hydrogens (primary N) is 1. The molecule has 0 amide bonds. The minimum Gasteiger partial charge on any atom is -0.387 e. The predicted molar refractivity (Wildman–Crippen MR) is 97.7 cm³/mol. The van der Waals surface area contributed by atoms with Gasteiger partial charge in [-0.15, -0.1) is 0 Å². The third-order valence-corrected chi connectivity index (χ3v) is 4.52. The van der Waals surface area contributed by atoms with Crippen LogP contribution in [0.1, 0.15) is 12.0 Å². The second-order valence-electron chi connectivity index (χ2n) is 6.72. The van der Waals surface area contributed by atoms with Crippen LogP contribution >= 0.6 is 0 Å². The number of anilines is 2. The highest BCUT2D eigenvalue weighted by Crippen LogP contribution is 2.26. The van der Waals surface area contributed by atoms with Gasteiger partial charge < -0.3 is 15.7 Å². The van der Waals surface area contributed by atoms with Gasteiger partial charge in [-0.25, -0.2) is 4.98 Å². The number of rotatable bonds is 6. The Hall–Kier alpha value is -2.78. The quantitative estimate of drug-likeness (QED) is 0.580. The molecule has 138 valence electrons. The molecule has 0 saturated carbocycles. The van der Waals surface area contributed by atoms with Gasteiger partial charge in [-0.3, -0.25) is 15.0 Å². The van der Waals surface area contributed by atoms with Crippen molar-refractivity contribution in [2.45, 2.75) is 18.6 Å². The molecule has 0 spiro atoms. The molecule has 1 aliphatic heterocycles. The Balaban J connectivity index is 1.63. The largest absolute Gasteiger partial charge is 0.387 e. The highest BCUT2D eigenvalue weighted by Gasteiger charge is 2.37. The van der Waals surface area contributed by atoms with Crippen LogP contribution in [0.5, 0.6) is 0 Å².